The van der Waals surface area contributed by atoms with Crippen LogP contribution in [-0.2, 0) is 9.53 Å². The quantitative estimate of drug-likeness (QED) is 0.604. The SMILES string of the molecule is CCOC(=O)CC(O)C(O)c1cc(F)ncc1C. The van der Waals surface area contributed by atoms with Crippen molar-refractivity contribution in [2.24, 2.45) is 0 Å². The van der Waals surface area contributed by atoms with Crippen LogP contribution in [0.4, 0.5) is 4.39 Å². The Balaban J connectivity index is 2.76. The molecule has 2 unspecified atom stereocenters. The molecule has 18 heavy (non-hydrogen) atoms. The number of aromatic nitrogens is 1. The lowest BCUT2D eigenvalue weighted by Gasteiger charge is -2.18. The number of hydrogen-bond donors (Lipinski definition) is 2. The van der Waals surface area contributed by atoms with Gasteiger partial charge < -0.3 is 14.9 Å². The summed E-state index contributed by atoms with van der Waals surface area (Å²) < 4.78 is 17.6. The van der Waals surface area contributed by atoms with Crippen molar-refractivity contribution in [3.63, 3.8) is 0 Å². The molecule has 100 valence electrons. The zero-order valence-electron chi connectivity index (χ0n) is 10.3. The molecule has 0 aromatic carbocycles. The molecule has 2 N–H and O–H groups in total. The molecule has 0 radical (unpaired) electrons. The Hall–Kier alpha value is -1.53. The molecule has 0 fully saturated rings. The number of rotatable bonds is 5. The molecule has 0 aliphatic heterocycles. The van der Waals surface area contributed by atoms with Crippen molar-refractivity contribution in [2.75, 3.05) is 6.61 Å². The minimum Gasteiger partial charge on any atom is -0.466 e. The molecular weight excluding hydrogens is 241 g/mol. The topological polar surface area (TPSA) is 79.7 Å². The summed E-state index contributed by atoms with van der Waals surface area (Å²) >= 11 is 0. The van der Waals surface area contributed by atoms with E-state index in [0.717, 1.165) is 6.07 Å². The first kappa shape index (κ1) is 14.5. The Morgan fingerprint density at radius 3 is 2.83 bits per heavy atom. The Bertz CT molecular complexity index is 425. The highest BCUT2D eigenvalue weighted by Gasteiger charge is 2.24. The molecule has 0 amide bonds. The fourth-order valence-electron chi connectivity index (χ4n) is 1.54. The van der Waals surface area contributed by atoms with Gasteiger partial charge in [0.25, 0.3) is 0 Å². The van der Waals surface area contributed by atoms with E-state index in [1.165, 1.54) is 6.20 Å². The minimum absolute atomic E-state index is 0.199. The maximum Gasteiger partial charge on any atom is 0.308 e. The Kier molecular flexibility index (Phi) is 5.18. The molecule has 0 bridgehead atoms. The molecule has 1 aromatic rings. The van der Waals surface area contributed by atoms with Crippen LogP contribution in [0.2, 0.25) is 0 Å². The van der Waals surface area contributed by atoms with Gasteiger partial charge in [0.15, 0.2) is 0 Å². The Morgan fingerprint density at radius 1 is 1.56 bits per heavy atom. The molecule has 2 atom stereocenters. The van der Waals surface area contributed by atoms with E-state index in [2.05, 4.69) is 9.72 Å². The van der Waals surface area contributed by atoms with Gasteiger partial charge in [0.1, 0.15) is 6.10 Å². The number of carbonyl (C=O) groups excluding carboxylic acids is 1. The van der Waals surface area contributed by atoms with E-state index in [1.807, 2.05) is 0 Å². The lowest BCUT2D eigenvalue weighted by Crippen LogP contribution is -2.24. The van der Waals surface area contributed by atoms with Crippen LogP contribution in [0.25, 0.3) is 0 Å². The monoisotopic (exact) mass is 257 g/mol. The van der Waals surface area contributed by atoms with Crippen LogP contribution in [0.3, 0.4) is 0 Å². The van der Waals surface area contributed by atoms with Crippen LogP contribution in [0.5, 0.6) is 0 Å². The minimum atomic E-state index is -1.35. The summed E-state index contributed by atoms with van der Waals surface area (Å²) in [6.45, 7) is 3.47. The predicted octanol–water partition coefficient (Wildman–Crippen LogP) is 0.877. The molecule has 1 aromatic heterocycles. The molecule has 0 saturated heterocycles. The van der Waals surface area contributed by atoms with Crippen molar-refractivity contribution in [2.45, 2.75) is 32.5 Å². The Morgan fingerprint density at radius 2 is 2.22 bits per heavy atom. The average molecular weight is 257 g/mol. The van der Waals surface area contributed by atoms with Gasteiger partial charge in [0, 0.05) is 6.20 Å². The average Bonchev–Trinajstić information content (AvgIpc) is 2.31. The first-order valence-electron chi connectivity index (χ1n) is 5.59. The van der Waals surface area contributed by atoms with E-state index in [4.69, 9.17) is 0 Å². The lowest BCUT2D eigenvalue weighted by molar-refractivity contribution is -0.147. The summed E-state index contributed by atoms with van der Waals surface area (Å²) in [6.07, 6.45) is -1.79. The second kappa shape index (κ2) is 6.42. The van der Waals surface area contributed by atoms with Gasteiger partial charge in [-0.05, 0) is 31.0 Å². The molecule has 5 nitrogen and oxygen atoms in total. The first-order chi connectivity index (χ1) is 8.45. The van der Waals surface area contributed by atoms with Crippen LogP contribution in [0.15, 0.2) is 12.3 Å². The van der Waals surface area contributed by atoms with E-state index in [9.17, 15) is 19.4 Å². The third-order valence-electron chi connectivity index (χ3n) is 2.48. The summed E-state index contributed by atoms with van der Waals surface area (Å²) in [5, 5.41) is 19.5. The van der Waals surface area contributed by atoms with E-state index in [0.29, 0.717) is 5.56 Å². The van der Waals surface area contributed by atoms with E-state index in [1.54, 1.807) is 13.8 Å². The maximum atomic E-state index is 13.0. The number of halogens is 1. The summed E-state index contributed by atoms with van der Waals surface area (Å²) in [5.74, 6) is -1.37. The number of ether oxygens (including phenoxy) is 1. The molecule has 0 saturated carbocycles. The van der Waals surface area contributed by atoms with Gasteiger partial charge in [0.05, 0.1) is 19.1 Å². The first-order valence-corrected chi connectivity index (χ1v) is 5.59. The van der Waals surface area contributed by atoms with E-state index in [-0.39, 0.29) is 18.6 Å². The van der Waals surface area contributed by atoms with Gasteiger partial charge in [-0.2, -0.15) is 4.39 Å². The highest BCUT2D eigenvalue weighted by Crippen LogP contribution is 2.22. The smallest absolute Gasteiger partial charge is 0.308 e. The highest BCUT2D eigenvalue weighted by atomic mass is 19.1. The van der Waals surface area contributed by atoms with Crippen LogP contribution < -0.4 is 0 Å². The largest absolute Gasteiger partial charge is 0.466 e. The fourth-order valence-corrected chi connectivity index (χ4v) is 1.54. The predicted molar refractivity (Wildman–Crippen MR) is 61.1 cm³/mol. The van der Waals surface area contributed by atoms with E-state index < -0.39 is 24.1 Å². The summed E-state index contributed by atoms with van der Waals surface area (Å²) in [4.78, 5) is 14.6. The van der Waals surface area contributed by atoms with Gasteiger partial charge >= 0.3 is 5.97 Å². The maximum absolute atomic E-state index is 13.0. The van der Waals surface area contributed by atoms with Gasteiger partial charge in [-0.1, -0.05) is 0 Å². The number of aliphatic hydroxyl groups is 2. The molecule has 0 aliphatic carbocycles. The third kappa shape index (κ3) is 3.75. The number of pyridine rings is 1. The fraction of sp³-hybridized carbons (Fsp3) is 0.500. The van der Waals surface area contributed by atoms with Crippen LogP contribution >= 0.6 is 0 Å². The number of aryl methyl sites for hydroxylation is 1. The standard InChI is InChI=1S/C12H16FNO4/c1-3-18-11(16)5-9(15)12(17)8-4-10(13)14-6-7(8)2/h4,6,9,12,15,17H,3,5H2,1-2H3. The van der Waals surface area contributed by atoms with Gasteiger partial charge in [-0.15, -0.1) is 0 Å². The zero-order valence-corrected chi connectivity index (χ0v) is 10.3. The molecule has 1 rings (SSSR count). The molecule has 1 heterocycles. The van der Waals surface area contributed by atoms with Crippen molar-refractivity contribution < 1.29 is 24.1 Å². The number of nitrogens with zero attached hydrogens (tertiary/aromatic N) is 1. The zero-order chi connectivity index (χ0) is 13.7. The van der Waals surface area contributed by atoms with Crippen molar-refractivity contribution in [3.05, 3.63) is 29.3 Å². The van der Waals surface area contributed by atoms with Crippen molar-refractivity contribution in [3.8, 4) is 0 Å². The summed E-state index contributed by atoms with van der Waals surface area (Å²) in [6, 6.07) is 1.04. The van der Waals surface area contributed by atoms with Crippen LogP contribution in [-0.4, -0.2) is 33.9 Å². The van der Waals surface area contributed by atoms with Crippen molar-refractivity contribution in [1.82, 2.24) is 4.98 Å². The Labute approximate surface area is 104 Å². The van der Waals surface area contributed by atoms with E-state index >= 15 is 0 Å². The number of carbonyl (C=O) groups is 1. The van der Waals surface area contributed by atoms with Gasteiger partial charge in [-0.25, -0.2) is 4.98 Å². The molecular formula is C12H16FNO4. The van der Waals surface area contributed by atoms with Crippen molar-refractivity contribution in [1.29, 1.82) is 0 Å². The number of hydrogen-bond acceptors (Lipinski definition) is 5. The van der Waals surface area contributed by atoms with Gasteiger partial charge in [0.2, 0.25) is 5.95 Å². The lowest BCUT2D eigenvalue weighted by atomic mass is 9.99. The molecule has 6 heteroatoms. The normalized spacial score (nSPS) is 14.1. The second-order valence-electron chi connectivity index (χ2n) is 3.88. The summed E-state index contributed by atoms with van der Waals surface area (Å²) in [7, 11) is 0. The number of aliphatic hydroxyl groups excluding tert-OH is 2. The summed E-state index contributed by atoms with van der Waals surface area (Å²) in [5.41, 5.74) is 0.742. The molecule has 0 spiro atoms. The van der Waals surface area contributed by atoms with Crippen LogP contribution in [0.1, 0.15) is 30.6 Å². The molecule has 0 aliphatic rings. The number of esters is 1. The third-order valence-corrected chi connectivity index (χ3v) is 2.48. The second-order valence-corrected chi connectivity index (χ2v) is 3.88. The van der Waals surface area contributed by atoms with Gasteiger partial charge in [-0.3, -0.25) is 4.79 Å². The van der Waals surface area contributed by atoms with Crippen molar-refractivity contribution >= 4 is 5.97 Å². The van der Waals surface area contributed by atoms with Crippen LogP contribution in [0, 0.1) is 12.9 Å². The highest BCUT2D eigenvalue weighted by molar-refractivity contribution is 5.70.